The van der Waals surface area contributed by atoms with Gasteiger partial charge >= 0.3 is 11.9 Å². The number of carbonyl (C=O) groups excluding carboxylic acids is 1. The summed E-state index contributed by atoms with van der Waals surface area (Å²) < 4.78 is 5.41. The lowest BCUT2D eigenvalue weighted by Gasteiger charge is -2.47. The molecule has 0 aromatic rings. The quantitative estimate of drug-likeness (QED) is 0.492. The molecule has 1 saturated carbocycles. The van der Waals surface area contributed by atoms with Gasteiger partial charge in [0.2, 0.25) is 0 Å². The van der Waals surface area contributed by atoms with E-state index < -0.39 is 5.97 Å². The molecule has 0 aromatic carbocycles. The highest BCUT2D eigenvalue weighted by atomic mass is 16.5. The average molecular weight is 292 g/mol. The van der Waals surface area contributed by atoms with Gasteiger partial charge < -0.3 is 9.84 Å². The molecule has 4 atom stereocenters. The van der Waals surface area contributed by atoms with E-state index >= 15 is 0 Å². The van der Waals surface area contributed by atoms with Crippen molar-refractivity contribution in [1.82, 2.24) is 0 Å². The summed E-state index contributed by atoms with van der Waals surface area (Å²) in [5.74, 6) is -0.909. The Bertz CT molecular complexity index is 505. The molecule has 0 heterocycles. The normalized spacial score (nSPS) is 35.4. The van der Waals surface area contributed by atoms with Crippen LogP contribution in [-0.2, 0) is 14.3 Å². The van der Waals surface area contributed by atoms with E-state index in [0.29, 0.717) is 5.92 Å². The van der Waals surface area contributed by atoms with Gasteiger partial charge in [0.25, 0.3) is 0 Å². The summed E-state index contributed by atoms with van der Waals surface area (Å²) in [6, 6.07) is 0. The molecule has 1 fully saturated rings. The topological polar surface area (TPSA) is 63.6 Å². The Morgan fingerprint density at radius 3 is 2.71 bits per heavy atom. The molecule has 0 aliphatic heterocycles. The second kappa shape index (κ2) is 5.66. The summed E-state index contributed by atoms with van der Waals surface area (Å²) in [6.45, 7) is 9.48. The smallest absolute Gasteiger partial charge is 0.331 e. The highest BCUT2D eigenvalue weighted by Gasteiger charge is 2.43. The summed E-state index contributed by atoms with van der Waals surface area (Å²) in [7, 11) is 0. The number of carbonyl (C=O) groups is 2. The second-order valence-electron chi connectivity index (χ2n) is 6.73. The van der Waals surface area contributed by atoms with Crippen molar-refractivity contribution in [2.75, 3.05) is 0 Å². The van der Waals surface area contributed by atoms with Crippen LogP contribution in [0.5, 0.6) is 0 Å². The van der Waals surface area contributed by atoms with Gasteiger partial charge in [-0.2, -0.15) is 0 Å². The van der Waals surface area contributed by atoms with Crippen LogP contribution in [0.25, 0.3) is 0 Å². The number of hydrogen-bond acceptors (Lipinski definition) is 3. The van der Waals surface area contributed by atoms with E-state index in [9.17, 15) is 9.59 Å². The average Bonchev–Trinajstić information content (AvgIpc) is 2.36. The molecule has 0 aromatic heterocycles. The zero-order chi connectivity index (χ0) is 15.8. The molecule has 2 aliphatic rings. The van der Waals surface area contributed by atoms with Gasteiger partial charge in [-0.1, -0.05) is 32.1 Å². The van der Waals surface area contributed by atoms with Gasteiger partial charge in [0, 0.05) is 18.4 Å². The molecule has 0 unspecified atom stereocenters. The third-order valence-corrected chi connectivity index (χ3v) is 4.97. The van der Waals surface area contributed by atoms with Crippen molar-refractivity contribution in [3.8, 4) is 0 Å². The van der Waals surface area contributed by atoms with Crippen LogP contribution >= 0.6 is 0 Å². The maximum Gasteiger partial charge on any atom is 0.331 e. The van der Waals surface area contributed by atoms with Gasteiger partial charge in [-0.3, -0.25) is 4.79 Å². The fourth-order valence-corrected chi connectivity index (χ4v) is 3.96. The van der Waals surface area contributed by atoms with Crippen molar-refractivity contribution in [1.29, 1.82) is 0 Å². The van der Waals surface area contributed by atoms with Crippen molar-refractivity contribution in [2.24, 2.45) is 17.3 Å². The van der Waals surface area contributed by atoms with Crippen LogP contribution in [-0.4, -0.2) is 23.1 Å². The highest BCUT2D eigenvalue weighted by molar-refractivity contribution is 5.86. The summed E-state index contributed by atoms with van der Waals surface area (Å²) in [6.07, 6.45) is 5.43. The Kier molecular flexibility index (Phi) is 4.26. The van der Waals surface area contributed by atoms with E-state index in [-0.39, 0.29) is 29.0 Å². The number of carboxylic acid groups (broad SMARTS) is 1. The van der Waals surface area contributed by atoms with Crippen LogP contribution in [0.1, 0.15) is 46.5 Å². The number of carboxylic acids is 1. The third-order valence-electron chi connectivity index (χ3n) is 4.97. The van der Waals surface area contributed by atoms with E-state index in [0.717, 1.165) is 25.7 Å². The van der Waals surface area contributed by atoms with Crippen molar-refractivity contribution in [3.05, 3.63) is 23.8 Å². The number of fused-ring (bicyclic) bond motifs is 1. The third kappa shape index (κ3) is 3.20. The molecule has 1 N–H and O–H groups in total. The van der Waals surface area contributed by atoms with Crippen LogP contribution in [0, 0.1) is 17.3 Å². The van der Waals surface area contributed by atoms with E-state index in [2.05, 4.69) is 26.5 Å². The Hall–Kier alpha value is -1.58. The predicted octanol–water partition coefficient (Wildman–Crippen LogP) is 3.33. The maximum atomic E-state index is 11.2. The first-order chi connectivity index (χ1) is 9.73. The van der Waals surface area contributed by atoms with E-state index in [1.54, 1.807) is 0 Å². The van der Waals surface area contributed by atoms with Crippen molar-refractivity contribution in [3.63, 3.8) is 0 Å². The fraction of sp³-hybridized carbons (Fsp3) is 0.647. The molecule has 4 heteroatoms. The van der Waals surface area contributed by atoms with E-state index in [1.165, 1.54) is 12.5 Å². The zero-order valence-electron chi connectivity index (χ0n) is 13.0. The Balaban J connectivity index is 2.22. The van der Waals surface area contributed by atoms with Crippen LogP contribution in [0.4, 0.5) is 0 Å². The van der Waals surface area contributed by atoms with Gasteiger partial charge in [0.05, 0.1) is 0 Å². The molecule has 21 heavy (non-hydrogen) atoms. The lowest BCUT2D eigenvalue weighted by Crippen LogP contribution is -2.40. The van der Waals surface area contributed by atoms with E-state index in [1.807, 2.05) is 0 Å². The fourth-order valence-electron chi connectivity index (χ4n) is 3.96. The highest BCUT2D eigenvalue weighted by Crippen LogP contribution is 2.52. The monoisotopic (exact) mass is 292 g/mol. The number of esters is 1. The molecule has 0 bridgehead atoms. The van der Waals surface area contributed by atoms with Crippen LogP contribution in [0.2, 0.25) is 0 Å². The minimum absolute atomic E-state index is 0.00701. The number of hydrogen-bond donors (Lipinski definition) is 1. The molecule has 0 radical (unpaired) electrons. The van der Waals surface area contributed by atoms with Crippen LogP contribution in [0.15, 0.2) is 23.8 Å². The first kappa shape index (κ1) is 15.8. The van der Waals surface area contributed by atoms with Gasteiger partial charge in [0.15, 0.2) is 0 Å². The molecule has 116 valence electrons. The van der Waals surface area contributed by atoms with Crippen LogP contribution in [0.3, 0.4) is 0 Å². The largest absolute Gasteiger partial charge is 0.478 e. The van der Waals surface area contributed by atoms with Crippen molar-refractivity contribution >= 4 is 11.9 Å². The number of aliphatic carboxylic acids is 1. The minimum atomic E-state index is -0.915. The van der Waals surface area contributed by atoms with Gasteiger partial charge in [-0.05, 0) is 37.0 Å². The van der Waals surface area contributed by atoms with Crippen LogP contribution < -0.4 is 0 Å². The maximum absolute atomic E-state index is 11.2. The Morgan fingerprint density at radius 2 is 2.14 bits per heavy atom. The molecular formula is C17H24O4. The SMILES string of the molecule is C=C(C(=O)O)[C@H]1C=C2[C@@H](C)C[C@@H](OC(C)=O)C[C@]2(C)CC1. The summed E-state index contributed by atoms with van der Waals surface area (Å²) in [5, 5.41) is 9.12. The molecular weight excluding hydrogens is 268 g/mol. The van der Waals surface area contributed by atoms with Crippen molar-refractivity contribution in [2.45, 2.75) is 52.6 Å². The Morgan fingerprint density at radius 1 is 1.48 bits per heavy atom. The lowest BCUT2D eigenvalue weighted by atomic mass is 9.60. The van der Waals surface area contributed by atoms with Gasteiger partial charge in [0.1, 0.15) is 6.10 Å². The zero-order valence-corrected chi connectivity index (χ0v) is 13.0. The van der Waals surface area contributed by atoms with Crippen molar-refractivity contribution < 1.29 is 19.4 Å². The molecule has 2 rings (SSSR count). The summed E-state index contributed by atoms with van der Waals surface area (Å²) >= 11 is 0. The first-order valence-electron chi connectivity index (χ1n) is 7.54. The number of allylic oxidation sites excluding steroid dienone is 2. The molecule has 0 spiro atoms. The van der Waals surface area contributed by atoms with Gasteiger partial charge in [-0.25, -0.2) is 4.79 Å². The standard InChI is InChI=1S/C17H24O4/c1-10-7-14(21-12(3)18)9-17(4)6-5-13(8-15(10)17)11(2)16(19)20/h8,10,13-14H,2,5-7,9H2,1,3-4H3,(H,19,20)/t10-,13+,14+,17-/m0/s1. The number of rotatable bonds is 3. The molecule has 4 nitrogen and oxygen atoms in total. The second-order valence-corrected chi connectivity index (χ2v) is 6.73. The van der Waals surface area contributed by atoms with Gasteiger partial charge in [-0.15, -0.1) is 0 Å². The minimum Gasteiger partial charge on any atom is -0.478 e. The predicted molar refractivity (Wildman–Crippen MR) is 79.6 cm³/mol. The number of ether oxygens (including phenoxy) is 1. The molecule has 2 aliphatic carbocycles. The summed E-state index contributed by atoms with van der Waals surface area (Å²) in [4.78, 5) is 22.3. The first-order valence-corrected chi connectivity index (χ1v) is 7.54. The Labute approximate surface area is 125 Å². The molecule has 0 saturated heterocycles. The van der Waals surface area contributed by atoms with E-state index in [4.69, 9.17) is 9.84 Å². The molecule has 0 amide bonds. The summed E-state index contributed by atoms with van der Waals surface area (Å²) in [5.41, 5.74) is 1.59. The lowest BCUT2D eigenvalue weighted by molar-refractivity contribution is -0.149.